The van der Waals surface area contributed by atoms with Gasteiger partial charge in [0.1, 0.15) is 17.7 Å². The fourth-order valence-corrected chi connectivity index (χ4v) is 3.65. The van der Waals surface area contributed by atoms with Crippen LogP contribution in [-0.2, 0) is 4.74 Å². The van der Waals surface area contributed by atoms with Crippen LogP contribution in [-0.4, -0.2) is 49.9 Å². The Balaban J connectivity index is 1.79. The number of rotatable bonds is 3. The molecule has 0 saturated carbocycles. The number of ether oxygens (including phenoxy) is 1. The summed E-state index contributed by atoms with van der Waals surface area (Å²) >= 11 is 6.08. The van der Waals surface area contributed by atoms with Crippen LogP contribution in [0.4, 0.5) is 9.18 Å². The Hall–Kier alpha value is -2.22. The molecule has 1 atom stereocenters. The summed E-state index contributed by atoms with van der Waals surface area (Å²) in [5, 5.41) is 11.4. The Kier molecular flexibility index (Phi) is 5.88. The van der Waals surface area contributed by atoms with E-state index in [4.69, 9.17) is 16.3 Å². The van der Waals surface area contributed by atoms with Gasteiger partial charge in [0.2, 0.25) is 0 Å². The Bertz CT molecular complexity index is 830. The standard InChI is InChI=1S/C19H25ClFN5O2/c1-12(26-11-22-23-24-26)14-10-17(21)16(20)9-15(14)13-5-7-25(8-6-13)18(27)28-19(2,3)4/h9-13H,5-8H2,1-4H3/t12-/m1/s1. The Morgan fingerprint density at radius 1 is 1.32 bits per heavy atom. The normalized spacial score (nSPS) is 16.9. The molecule has 9 heteroatoms. The van der Waals surface area contributed by atoms with Gasteiger partial charge in [-0.3, -0.25) is 0 Å². The minimum atomic E-state index is -0.521. The first-order valence-electron chi connectivity index (χ1n) is 9.35. The van der Waals surface area contributed by atoms with Crippen LogP contribution in [0.5, 0.6) is 0 Å². The largest absolute Gasteiger partial charge is 0.444 e. The third kappa shape index (κ3) is 4.60. The second-order valence-electron chi connectivity index (χ2n) is 8.10. The molecule has 0 radical (unpaired) electrons. The molecule has 0 N–H and O–H groups in total. The minimum Gasteiger partial charge on any atom is -0.444 e. The molecule has 3 rings (SSSR count). The number of tetrazole rings is 1. The smallest absolute Gasteiger partial charge is 0.410 e. The van der Waals surface area contributed by atoms with Gasteiger partial charge in [-0.15, -0.1) is 5.10 Å². The van der Waals surface area contributed by atoms with Gasteiger partial charge >= 0.3 is 6.09 Å². The lowest BCUT2D eigenvalue weighted by molar-refractivity contribution is 0.0204. The molecule has 1 saturated heterocycles. The van der Waals surface area contributed by atoms with Crippen LogP contribution in [0.25, 0.3) is 0 Å². The lowest BCUT2D eigenvalue weighted by Crippen LogP contribution is -2.41. The van der Waals surface area contributed by atoms with E-state index in [1.807, 2.05) is 27.7 Å². The maximum Gasteiger partial charge on any atom is 0.410 e. The lowest BCUT2D eigenvalue weighted by atomic mass is 9.84. The van der Waals surface area contributed by atoms with Crippen molar-refractivity contribution in [2.45, 2.75) is 58.1 Å². The number of hydrogen-bond acceptors (Lipinski definition) is 5. The molecule has 1 fully saturated rings. The van der Waals surface area contributed by atoms with Gasteiger partial charge in [0.25, 0.3) is 0 Å². The number of carbonyl (C=O) groups excluding carboxylic acids is 1. The quantitative estimate of drug-likeness (QED) is 0.759. The number of amides is 1. The molecule has 2 aromatic rings. The highest BCUT2D eigenvalue weighted by Crippen LogP contribution is 2.36. The van der Waals surface area contributed by atoms with Crippen molar-refractivity contribution in [3.05, 3.63) is 40.4 Å². The van der Waals surface area contributed by atoms with E-state index in [1.54, 1.807) is 15.6 Å². The van der Waals surface area contributed by atoms with E-state index < -0.39 is 11.4 Å². The average molecular weight is 410 g/mol. The Labute approximate surface area is 168 Å². The first kappa shape index (κ1) is 20.5. The highest BCUT2D eigenvalue weighted by Gasteiger charge is 2.30. The topological polar surface area (TPSA) is 73.1 Å². The van der Waals surface area contributed by atoms with Crippen molar-refractivity contribution in [2.24, 2.45) is 0 Å². The van der Waals surface area contributed by atoms with Crippen molar-refractivity contribution in [3.63, 3.8) is 0 Å². The van der Waals surface area contributed by atoms with Crippen LogP contribution < -0.4 is 0 Å². The number of likely N-dealkylation sites (tertiary alicyclic amines) is 1. The number of benzene rings is 1. The summed E-state index contributed by atoms with van der Waals surface area (Å²) in [6.45, 7) is 8.62. The van der Waals surface area contributed by atoms with Gasteiger partial charge in [-0.2, -0.15) is 0 Å². The molecular weight excluding hydrogens is 385 g/mol. The fraction of sp³-hybridized carbons (Fsp3) is 0.579. The summed E-state index contributed by atoms with van der Waals surface area (Å²) in [5.74, 6) is -0.308. The van der Waals surface area contributed by atoms with Gasteiger partial charge in [-0.25, -0.2) is 13.9 Å². The van der Waals surface area contributed by atoms with Gasteiger partial charge in [-0.1, -0.05) is 11.6 Å². The SMILES string of the molecule is C[C@H](c1cc(F)c(Cl)cc1C1CCN(C(=O)OC(C)(C)C)CC1)n1cnnn1. The average Bonchev–Trinajstić information content (AvgIpc) is 3.16. The molecule has 2 heterocycles. The van der Waals surface area contributed by atoms with Crippen LogP contribution >= 0.6 is 11.6 Å². The Morgan fingerprint density at radius 2 is 2.00 bits per heavy atom. The molecule has 1 aliphatic heterocycles. The van der Waals surface area contributed by atoms with E-state index >= 15 is 0 Å². The van der Waals surface area contributed by atoms with E-state index in [0.717, 1.165) is 24.0 Å². The lowest BCUT2D eigenvalue weighted by Gasteiger charge is -2.34. The zero-order chi connectivity index (χ0) is 20.5. The summed E-state index contributed by atoms with van der Waals surface area (Å²) < 4.78 is 21.2. The monoisotopic (exact) mass is 409 g/mol. The van der Waals surface area contributed by atoms with E-state index in [1.165, 1.54) is 12.4 Å². The van der Waals surface area contributed by atoms with Crippen molar-refractivity contribution in [2.75, 3.05) is 13.1 Å². The van der Waals surface area contributed by atoms with Gasteiger partial charge in [0, 0.05) is 13.1 Å². The molecule has 0 bridgehead atoms. The van der Waals surface area contributed by atoms with Gasteiger partial charge in [-0.05, 0) is 80.1 Å². The number of nitrogens with zero attached hydrogens (tertiary/aromatic N) is 5. The number of piperidine rings is 1. The van der Waals surface area contributed by atoms with Crippen molar-refractivity contribution in [3.8, 4) is 0 Å². The molecule has 0 spiro atoms. The highest BCUT2D eigenvalue weighted by atomic mass is 35.5. The molecule has 1 aromatic heterocycles. The molecular formula is C19H25ClFN5O2. The van der Waals surface area contributed by atoms with Crippen molar-refractivity contribution in [1.29, 1.82) is 0 Å². The van der Waals surface area contributed by atoms with Crippen LogP contribution in [0, 0.1) is 5.82 Å². The molecule has 1 aliphatic rings. The molecule has 0 unspecified atom stereocenters. The molecule has 7 nitrogen and oxygen atoms in total. The zero-order valence-corrected chi connectivity index (χ0v) is 17.3. The van der Waals surface area contributed by atoms with Crippen molar-refractivity contribution >= 4 is 17.7 Å². The molecule has 1 amide bonds. The van der Waals surface area contributed by atoms with E-state index in [-0.39, 0.29) is 23.1 Å². The van der Waals surface area contributed by atoms with E-state index in [0.29, 0.717) is 13.1 Å². The fourth-order valence-electron chi connectivity index (χ4n) is 3.48. The molecule has 28 heavy (non-hydrogen) atoms. The number of aromatic nitrogens is 4. The molecule has 1 aromatic carbocycles. The minimum absolute atomic E-state index is 0.0947. The van der Waals surface area contributed by atoms with Crippen LogP contribution in [0.3, 0.4) is 0 Å². The van der Waals surface area contributed by atoms with E-state index in [2.05, 4.69) is 15.5 Å². The third-order valence-electron chi connectivity index (χ3n) is 4.92. The van der Waals surface area contributed by atoms with Gasteiger partial charge in [0.15, 0.2) is 0 Å². The zero-order valence-electron chi connectivity index (χ0n) is 16.5. The first-order valence-corrected chi connectivity index (χ1v) is 9.72. The van der Waals surface area contributed by atoms with Crippen LogP contribution in [0.15, 0.2) is 18.5 Å². The predicted molar refractivity (Wildman–Crippen MR) is 103 cm³/mol. The highest BCUT2D eigenvalue weighted by molar-refractivity contribution is 6.30. The van der Waals surface area contributed by atoms with Crippen molar-refractivity contribution < 1.29 is 13.9 Å². The first-order chi connectivity index (χ1) is 13.2. The summed E-state index contributed by atoms with van der Waals surface area (Å²) in [6.07, 6.45) is 2.70. The number of carbonyl (C=O) groups is 1. The Morgan fingerprint density at radius 3 is 2.57 bits per heavy atom. The number of hydrogen-bond donors (Lipinski definition) is 0. The van der Waals surface area contributed by atoms with Gasteiger partial charge in [0.05, 0.1) is 11.1 Å². The third-order valence-corrected chi connectivity index (χ3v) is 5.21. The maximum absolute atomic E-state index is 14.2. The summed E-state index contributed by atoms with van der Waals surface area (Å²) in [4.78, 5) is 14.0. The predicted octanol–water partition coefficient (Wildman–Crippen LogP) is 4.19. The number of halogens is 2. The van der Waals surface area contributed by atoms with E-state index in [9.17, 15) is 9.18 Å². The summed E-state index contributed by atoms with van der Waals surface area (Å²) in [7, 11) is 0. The summed E-state index contributed by atoms with van der Waals surface area (Å²) in [5.41, 5.74) is 1.25. The van der Waals surface area contributed by atoms with Crippen molar-refractivity contribution in [1.82, 2.24) is 25.1 Å². The van der Waals surface area contributed by atoms with Crippen LogP contribution in [0.2, 0.25) is 5.02 Å². The maximum atomic E-state index is 14.2. The molecule has 0 aliphatic carbocycles. The summed E-state index contributed by atoms with van der Waals surface area (Å²) in [6, 6.07) is 2.92. The second-order valence-corrected chi connectivity index (χ2v) is 8.51. The second kappa shape index (κ2) is 8.03. The molecule has 152 valence electrons. The van der Waals surface area contributed by atoms with Gasteiger partial charge < -0.3 is 9.64 Å². The van der Waals surface area contributed by atoms with Crippen LogP contribution in [0.1, 0.15) is 63.6 Å².